The number of thiophene rings is 1. The molecule has 1 aromatic carbocycles. The van der Waals surface area contributed by atoms with Gasteiger partial charge in [-0.25, -0.2) is 4.68 Å². The number of amides is 1. The molecule has 0 radical (unpaired) electrons. The number of carbonyl (C=O) groups is 1. The van der Waals surface area contributed by atoms with Gasteiger partial charge in [-0.1, -0.05) is 18.2 Å². The zero-order valence-corrected chi connectivity index (χ0v) is 14.2. The summed E-state index contributed by atoms with van der Waals surface area (Å²) in [7, 11) is 0. The predicted octanol–water partition coefficient (Wildman–Crippen LogP) is 4.02. The molecule has 0 spiro atoms. The van der Waals surface area contributed by atoms with E-state index >= 15 is 0 Å². The van der Waals surface area contributed by atoms with Crippen LogP contribution in [0.1, 0.15) is 22.1 Å². The van der Waals surface area contributed by atoms with E-state index in [-0.39, 0.29) is 11.2 Å². The highest BCUT2D eigenvalue weighted by atomic mass is 32.2. The molecule has 3 heterocycles. The third kappa shape index (κ3) is 2.58. The lowest BCUT2D eigenvalue weighted by molar-refractivity contribution is -0.113. The second-order valence-electron chi connectivity index (χ2n) is 5.39. The number of fused-ring (bicyclic) bond motifs is 1. The number of thioether (sulfide) groups is 1. The highest BCUT2D eigenvalue weighted by Crippen LogP contribution is 2.44. The molecule has 0 aliphatic carbocycles. The number of aryl methyl sites for hydroxylation is 1. The normalized spacial score (nSPS) is 17.4. The number of anilines is 1. The summed E-state index contributed by atoms with van der Waals surface area (Å²) in [6.07, 6.45) is 0. The molecule has 23 heavy (non-hydrogen) atoms. The van der Waals surface area contributed by atoms with Gasteiger partial charge in [-0.3, -0.25) is 4.79 Å². The van der Waals surface area contributed by atoms with Crippen LogP contribution in [-0.4, -0.2) is 21.4 Å². The van der Waals surface area contributed by atoms with Crippen molar-refractivity contribution in [3.63, 3.8) is 0 Å². The molecule has 0 saturated heterocycles. The lowest BCUT2D eigenvalue weighted by Crippen LogP contribution is -2.15. The molecule has 3 aromatic rings. The Balaban J connectivity index is 1.91. The second-order valence-corrected chi connectivity index (χ2v) is 7.26. The summed E-state index contributed by atoms with van der Waals surface area (Å²) in [6.45, 7) is 2.01. The molecule has 0 unspecified atom stereocenters. The SMILES string of the molecule is Cc1nn(-c2ccccc2)c2c1[C@@H](c1ccsc1)SCC(=O)N2. The van der Waals surface area contributed by atoms with Crippen molar-refractivity contribution in [1.82, 2.24) is 9.78 Å². The van der Waals surface area contributed by atoms with Gasteiger partial charge in [0.25, 0.3) is 0 Å². The first-order valence-corrected chi connectivity index (χ1v) is 9.31. The van der Waals surface area contributed by atoms with E-state index in [2.05, 4.69) is 22.1 Å². The Bertz CT molecular complexity index is 840. The number of benzene rings is 1. The quantitative estimate of drug-likeness (QED) is 0.766. The van der Waals surface area contributed by atoms with Crippen LogP contribution in [0.25, 0.3) is 5.69 Å². The number of aromatic nitrogens is 2. The predicted molar refractivity (Wildman–Crippen MR) is 95.6 cm³/mol. The van der Waals surface area contributed by atoms with E-state index < -0.39 is 0 Å². The summed E-state index contributed by atoms with van der Waals surface area (Å²) in [4.78, 5) is 12.2. The van der Waals surface area contributed by atoms with E-state index in [1.54, 1.807) is 23.1 Å². The summed E-state index contributed by atoms with van der Waals surface area (Å²) < 4.78 is 1.84. The maximum atomic E-state index is 12.2. The van der Waals surface area contributed by atoms with Gasteiger partial charge < -0.3 is 5.32 Å². The van der Waals surface area contributed by atoms with Crippen LogP contribution in [-0.2, 0) is 4.79 Å². The maximum Gasteiger partial charge on any atom is 0.235 e. The average Bonchev–Trinajstić information content (AvgIpc) is 3.15. The second kappa shape index (κ2) is 5.86. The van der Waals surface area contributed by atoms with Crippen molar-refractivity contribution >= 4 is 34.8 Å². The van der Waals surface area contributed by atoms with Crippen LogP contribution in [0.2, 0.25) is 0 Å². The van der Waals surface area contributed by atoms with Crippen LogP contribution < -0.4 is 5.32 Å². The number of rotatable bonds is 2. The Morgan fingerprint density at radius 2 is 2.09 bits per heavy atom. The molecule has 0 bridgehead atoms. The topological polar surface area (TPSA) is 46.9 Å². The highest BCUT2D eigenvalue weighted by molar-refractivity contribution is 8.00. The number of nitrogens with zero attached hydrogens (tertiary/aromatic N) is 2. The molecular formula is C17H15N3OS2. The van der Waals surface area contributed by atoms with Gasteiger partial charge in [0.15, 0.2) is 0 Å². The lowest BCUT2D eigenvalue weighted by atomic mass is 10.1. The summed E-state index contributed by atoms with van der Waals surface area (Å²) >= 11 is 3.34. The molecule has 6 heteroatoms. The van der Waals surface area contributed by atoms with Crippen LogP contribution in [0.5, 0.6) is 0 Å². The Labute approximate surface area is 142 Å². The molecule has 1 aliphatic heterocycles. The molecule has 4 nitrogen and oxygen atoms in total. The summed E-state index contributed by atoms with van der Waals surface area (Å²) in [6, 6.07) is 12.0. The first-order valence-electron chi connectivity index (χ1n) is 7.32. The molecule has 0 saturated carbocycles. The van der Waals surface area contributed by atoms with Crippen LogP contribution in [0, 0.1) is 6.92 Å². The van der Waals surface area contributed by atoms with E-state index in [0.717, 1.165) is 22.8 Å². The molecule has 0 fully saturated rings. The van der Waals surface area contributed by atoms with Gasteiger partial charge in [-0.2, -0.15) is 16.4 Å². The smallest absolute Gasteiger partial charge is 0.235 e. The van der Waals surface area contributed by atoms with Gasteiger partial charge in [0.2, 0.25) is 5.91 Å². The Morgan fingerprint density at radius 1 is 1.26 bits per heavy atom. The van der Waals surface area contributed by atoms with Crippen molar-refractivity contribution in [2.75, 3.05) is 11.1 Å². The largest absolute Gasteiger partial charge is 0.310 e. The zero-order chi connectivity index (χ0) is 15.8. The molecule has 1 aliphatic rings. The number of hydrogen-bond acceptors (Lipinski definition) is 4. The molecule has 4 rings (SSSR count). The van der Waals surface area contributed by atoms with Crippen molar-refractivity contribution in [2.24, 2.45) is 0 Å². The average molecular weight is 341 g/mol. The summed E-state index contributed by atoms with van der Waals surface area (Å²) in [5.41, 5.74) is 4.24. The van der Waals surface area contributed by atoms with Crippen LogP contribution in [0.4, 0.5) is 5.82 Å². The Hall–Kier alpha value is -2.05. The Morgan fingerprint density at radius 3 is 2.83 bits per heavy atom. The minimum atomic E-state index is 0.0195. The first-order chi connectivity index (χ1) is 11.2. The minimum absolute atomic E-state index is 0.0195. The molecular weight excluding hydrogens is 326 g/mol. The monoisotopic (exact) mass is 341 g/mol. The number of carbonyl (C=O) groups excluding carboxylic acids is 1. The fourth-order valence-corrected chi connectivity index (χ4v) is 4.78. The zero-order valence-electron chi connectivity index (χ0n) is 12.5. The van der Waals surface area contributed by atoms with Gasteiger partial charge in [0.1, 0.15) is 5.82 Å². The van der Waals surface area contributed by atoms with Crippen molar-refractivity contribution < 1.29 is 4.79 Å². The minimum Gasteiger partial charge on any atom is -0.310 e. The first kappa shape index (κ1) is 14.5. The highest BCUT2D eigenvalue weighted by Gasteiger charge is 2.30. The summed E-state index contributed by atoms with van der Waals surface area (Å²) in [5.74, 6) is 1.26. The standard InChI is InChI=1S/C17H15N3OS2/c1-11-15-16(12-7-8-22-9-12)23-10-14(21)18-17(15)20(19-11)13-5-3-2-4-6-13/h2-9,16H,10H2,1H3,(H,18,21)/t16-/m1/s1. The fraction of sp³-hybridized carbons (Fsp3) is 0.176. The molecule has 116 valence electrons. The van der Waals surface area contributed by atoms with Gasteiger partial charge >= 0.3 is 0 Å². The Kier molecular flexibility index (Phi) is 3.71. The third-order valence-electron chi connectivity index (χ3n) is 3.85. The number of para-hydroxylation sites is 1. The van der Waals surface area contributed by atoms with E-state index in [4.69, 9.17) is 5.10 Å². The van der Waals surface area contributed by atoms with Crippen LogP contribution in [0.15, 0.2) is 47.2 Å². The molecule has 2 aromatic heterocycles. The van der Waals surface area contributed by atoms with Crippen molar-refractivity contribution in [2.45, 2.75) is 12.2 Å². The third-order valence-corrected chi connectivity index (χ3v) is 5.83. The van der Waals surface area contributed by atoms with E-state index in [1.807, 2.05) is 41.9 Å². The van der Waals surface area contributed by atoms with Crippen molar-refractivity contribution in [3.05, 3.63) is 64.0 Å². The van der Waals surface area contributed by atoms with Crippen molar-refractivity contribution in [1.29, 1.82) is 0 Å². The fourth-order valence-electron chi connectivity index (χ4n) is 2.83. The van der Waals surface area contributed by atoms with Gasteiger partial charge in [0, 0.05) is 5.56 Å². The van der Waals surface area contributed by atoms with E-state index in [0.29, 0.717) is 5.75 Å². The van der Waals surface area contributed by atoms with Gasteiger partial charge in [-0.05, 0) is 41.4 Å². The molecule has 1 amide bonds. The van der Waals surface area contributed by atoms with Crippen LogP contribution in [0.3, 0.4) is 0 Å². The lowest BCUT2D eigenvalue weighted by Gasteiger charge is -2.13. The molecule has 1 atom stereocenters. The number of hydrogen-bond donors (Lipinski definition) is 1. The van der Waals surface area contributed by atoms with Gasteiger partial charge in [-0.15, -0.1) is 11.8 Å². The van der Waals surface area contributed by atoms with E-state index in [9.17, 15) is 4.79 Å². The van der Waals surface area contributed by atoms with E-state index in [1.165, 1.54) is 5.56 Å². The van der Waals surface area contributed by atoms with Gasteiger partial charge in [0.05, 0.1) is 22.4 Å². The maximum absolute atomic E-state index is 12.2. The number of nitrogens with one attached hydrogen (secondary N) is 1. The summed E-state index contributed by atoms with van der Waals surface area (Å²) in [5, 5.41) is 12.1. The molecule has 1 N–H and O–H groups in total. The van der Waals surface area contributed by atoms with Crippen LogP contribution >= 0.6 is 23.1 Å². The van der Waals surface area contributed by atoms with Crippen molar-refractivity contribution in [3.8, 4) is 5.69 Å².